The second kappa shape index (κ2) is 11.7. The molecule has 0 bridgehead atoms. The zero-order valence-corrected chi connectivity index (χ0v) is 18.2. The molecule has 0 saturated carbocycles. The highest BCUT2D eigenvalue weighted by atomic mass is 35.5. The maximum Gasteiger partial charge on any atom is 0.222 e. The number of nitrogens with zero attached hydrogens (tertiary/aromatic N) is 3. The number of carbonyl (C=O) groups excluding carboxylic acids is 2. The molecule has 1 aliphatic heterocycles. The van der Waals surface area contributed by atoms with E-state index in [1.165, 1.54) is 4.88 Å². The number of rotatable bonds is 10. The van der Waals surface area contributed by atoms with Gasteiger partial charge >= 0.3 is 0 Å². The van der Waals surface area contributed by atoms with Crippen LogP contribution in [0.4, 0.5) is 0 Å². The summed E-state index contributed by atoms with van der Waals surface area (Å²) < 4.78 is 0.824. The predicted octanol–water partition coefficient (Wildman–Crippen LogP) is 3.86. The van der Waals surface area contributed by atoms with Crippen LogP contribution in [0.25, 0.3) is 0 Å². The molecule has 27 heavy (non-hydrogen) atoms. The number of halogens is 1. The summed E-state index contributed by atoms with van der Waals surface area (Å²) in [5.74, 6) is 0.366. The SMILES string of the molecule is CCCN(CCC)C(=O)CCCC(=O)N1CCN(Cc2ccc(Cl)s2)CC1. The van der Waals surface area contributed by atoms with E-state index in [-0.39, 0.29) is 11.8 Å². The number of carbonyl (C=O) groups is 2. The van der Waals surface area contributed by atoms with Crippen molar-refractivity contribution in [2.45, 2.75) is 52.5 Å². The summed E-state index contributed by atoms with van der Waals surface area (Å²) >= 11 is 7.61. The van der Waals surface area contributed by atoms with E-state index < -0.39 is 0 Å². The maximum atomic E-state index is 12.4. The summed E-state index contributed by atoms with van der Waals surface area (Å²) in [6.45, 7) is 10.0. The first-order valence-corrected chi connectivity index (χ1v) is 11.2. The van der Waals surface area contributed by atoms with Gasteiger partial charge in [-0.25, -0.2) is 0 Å². The molecule has 0 unspecified atom stereocenters. The minimum Gasteiger partial charge on any atom is -0.343 e. The van der Waals surface area contributed by atoms with Crippen LogP contribution in [0.2, 0.25) is 4.34 Å². The first kappa shape index (κ1) is 22.2. The van der Waals surface area contributed by atoms with Crippen LogP contribution in [0.3, 0.4) is 0 Å². The first-order valence-electron chi connectivity index (χ1n) is 10.1. The molecule has 0 N–H and O–H groups in total. The second-order valence-corrected chi connectivity index (χ2v) is 8.90. The van der Waals surface area contributed by atoms with Crippen molar-refractivity contribution in [3.8, 4) is 0 Å². The highest BCUT2D eigenvalue weighted by Crippen LogP contribution is 2.23. The van der Waals surface area contributed by atoms with Gasteiger partial charge in [0.25, 0.3) is 0 Å². The van der Waals surface area contributed by atoms with Gasteiger partial charge in [-0.1, -0.05) is 25.4 Å². The minimum absolute atomic E-state index is 0.180. The molecule has 7 heteroatoms. The van der Waals surface area contributed by atoms with E-state index in [2.05, 4.69) is 24.8 Å². The fourth-order valence-corrected chi connectivity index (χ4v) is 4.55. The molecule has 2 amide bonds. The Hall–Kier alpha value is -1.11. The van der Waals surface area contributed by atoms with Gasteiger partial charge in [-0.15, -0.1) is 11.3 Å². The lowest BCUT2D eigenvalue weighted by molar-refractivity contribution is -0.134. The van der Waals surface area contributed by atoms with Gasteiger partial charge in [-0.2, -0.15) is 0 Å². The molecular weight excluding hydrogens is 382 g/mol. The molecule has 0 radical (unpaired) electrons. The molecular formula is C20H32ClN3O2S. The lowest BCUT2D eigenvalue weighted by atomic mass is 10.2. The number of hydrogen-bond acceptors (Lipinski definition) is 4. The van der Waals surface area contributed by atoms with Crippen molar-refractivity contribution in [1.29, 1.82) is 0 Å². The highest BCUT2D eigenvalue weighted by Gasteiger charge is 2.21. The Bertz CT molecular complexity index is 594. The van der Waals surface area contributed by atoms with Crippen molar-refractivity contribution in [3.63, 3.8) is 0 Å². The minimum atomic E-state index is 0.180. The second-order valence-electron chi connectivity index (χ2n) is 7.10. The van der Waals surface area contributed by atoms with Gasteiger partial charge in [0.15, 0.2) is 0 Å². The van der Waals surface area contributed by atoms with Crippen LogP contribution in [-0.4, -0.2) is 65.8 Å². The van der Waals surface area contributed by atoms with Crippen LogP contribution in [0.5, 0.6) is 0 Å². The normalized spacial score (nSPS) is 15.1. The Morgan fingerprint density at radius 3 is 2.30 bits per heavy atom. The Morgan fingerprint density at radius 1 is 1.07 bits per heavy atom. The van der Waals surface area contributed by atoms with Crippen LogP contribution in [0.15, 0.2) is 12.1 Å². The van der Waals surface area contributed by atoms with Gasteiger partial charge in [0, 0.05) is 63.5 Å². The van der Waals surface area contributed by atoms with Crippen molar-refractivity contribution in [2.24, 2.45) is 0 Å². The average molecular weight is 414 g/mol. The fraction of sp³-hybridized carbons (Fsp3) is 0.700. The molecule has 2 heterocycles. The van der Waals surface area contributed by atoms with Crippen molar-refractivity contribution in [2.75, 3.05) is 39.3 Å². The molecule has 1 aliphatic rings. The predicted molar refractivity (Wildman–Crippen MR) is 112 cm³/mol. The molecule has 0 aliphatic carbocycles. The van der Waals surface area contributed by atoms with Crippen molar-refractivity contribution in [1.82, 2.24) is 14.7 Å². The largest absolute Gasteiger partial charge is 0.343 e. The monoisotopic (exact) mass is 413 g/mol. The van der Waals surface area contributed by atoms with Crippen molar-refractivity contribution >= 4 is 34.8 Å². The molecule has 1 fully saturated rings. The maximum absolute atomic E-state index is 12.4. The van der Waals surface area contributed by atoms with Gasteiger partial charge in [-0.05, 0) is 31.4 Å². The number of piperazine rings is 1. The number of thiophene rings is 1. The van der Waals surface area contributed by atoms with Crippen LogP contribution in [-0.2, 0) is 16.1 Å². The smallest absolute Gasteiger partial charge is 0.222 e. The van der Waals surface area contributed by atoms with Crippen LogP contribution in [0, 0.1) is 0 Å². The van der Waals surface area contributed by atoms with Gasteiger partial charge < -0.3 is 9.80 Å². The molecule has 0 aromatic carbocycles. The molecule has 1 saturated heterocycles. The fourth-order valence-electron chi connectivity index (χ4n) is 3.42. The first-order chi connectivity index (χ1) is 13.0. The lowest BCUT2D eigenvalue weighted by Crippen LogP contribution is -2.48. The van der Waals surface area contributed by atoms with Gasteiger partial charge in [0.1, 0.15) is 0 Å². The third-order valence-corrected chi connectivity index (χ3v) is 6.07. The molecule has 0 spiro atoms. The third-order valence-electron chi connectivity index (χ3n) is 4.85. The number of amides is 2. The lowest BCUT2D eigenvalue weighted by Gasteiger charge is -2.34. The summed E-state index contributed by atoms with van der Waals surface area (Å²) in [6.07, 6.45) is 3.55. The van der Waals surface area contributed by atoms with E-state index in [0.29, 0.717) is 19.3 Å². The van der Waals surface area contributed by atoms with E-state index in [0.717, 1.165) is 63.0 Å². The molecule has 5 nitrogen and oxygen atoms in total. The van der Waals surface area contributed by atoms with Crippen LogP contribution in [0.1, 0.15) is 50.8 Å². The topological polar surface area (TPSA) is 43.9 Å². The molecule has 152 valence electrons. The van der Waals surface area contributed by atoms with E-state index in [1.54, 1.807) is 11.3 Å². The third kappa shape index (κ3) is 7.43. The summed E-state index contributed by atoms with van der Waals surface area (Å²) in [4.78, 5) is 32.2. The number of hydrogen-bond donors (Lipinski definition) is 0. The summed E-state index contributed by atoms with van der Waals surface area (Å²) in [5, 5.41) is 0. The highest BCUT2D eigenvalue weighted by molar-refractivity contribution is 7.16. The molecule has 0 atom stereocenters. The molecule has 2 rings (SSSR count). The van der Waals surface area contributed by atoms with Gasteiger partial charge in [0.05, 0.1) is 4.34 Å². The van der Waals surface area contributed by atoms with Crippen molar-refractivity contribution in [3.05, 3.63) is 21.3 Å². The Labute approximate surface area is 172 Å². The molecule has 1 aromatic heterocycles. The average Bonchev–Trinajstić information content (AvgIpc) is 3.06. The zero-order valence-electron chi connectivity index (χ0n) is 16.6. The zero-order chi connectivity index (χ0) is 19.6. The summed E-state index contributed by atoms with van der Waals surface area (Å²) in [5.41, 5.74) is 0. The summed E-state index contributed by atoms with van der Waals surface area (Å²) in [7, 11) is 0. The Morgan fingerprint density at radius 2 is 1.74 bits per heavy atom. The van der Waals surface area contributed by atoms with E-state index in [9.17, 15) is 9.59 Å². The van der Waals surface area contributed by atoms with Gasteiger partial charge in [0.2, 0.25) is 11.8 Å². The summed E-state index contributed by atoms with van der Waals surface area (Å²) in [6, 6.07) is 4.01. The standard InChI is InChI=1S/C20H32ClN3O2S/c1-3-10-23(11-4-2)19(25)6-5-7-20(26)24-14-12-22(13-15-24)16-17-8-9-18(21)27-17/h8-9H,3-7,10-16H2,1-2H3. The van der Waals surface area contributed by atoms with E-state index in [4.69, 9.17) is 11.6 Å². The van der Waals surface area contributed by atoms with Crippen molar-refractivity contribution < 1.29 is 9.59 Å². The Kier molecular flexibility index (Phi) is 9.59. The van der Waals surface area contributed by atoms with E-state index >= 15 is 0 Å². The van der Waals surface area contributed by atoms with E-state index in [1.807, 2.05) is 15.9 Å². The molecule has 1 aromatic rings. The Balaban J connectivity index is 1.66. The van der Waals surface area contributed by atoms with Crippen LogP contribution >= 0.6 is 22.9 Å². The van der Waals surface area contributed by atoms with Gasteiger partial charge in [-0.3, -0.25) is 14.5 Å². The van der Waals surface area contributed by atoms with Crippen LogP contribution < -0.4 is 0 Å². The quantitative estimate of drug-likeness (QED) is 0.584.